The molecule has 0 spiro atoms. The van der Waals surface area contributed by atoms with Crippen molar-refractivity contribution < 1.29 is 9.72 Å². The first-order chi connectivity index (χ1) is 8.88. The van der Waals surface area contributed by atoms with Crippen molar-refractivity contribution in [3.05, 3.63) is 39.4 Å². The van der Waals surface area contributed by atoms with Crippen LogP contribution in [0.15, 0.2) is 18.2 Å². The minimum absolute atomic E-state index is 0.0185. The van der Waals surface area contributed by atoms with Crippen LogP contribution in [0, 0.1) is 17.0 Å². The van der Waals surface area contributed by atoms with Gasteiger partial charge in [0.05, 0.1) is 4.92 Å². The van der Waals surface area contributed by atoms with Crippen LogP contribution in [-0.2, 0) is 0 Å². The predicted octanol–water partition coefficient (Wildman–Crippen LogP) is 2.99. The second-order valence-corrected chi connectivity index (χ2v) is 4.92. The van der Waals surface area contributed by atoms with E-state index in [1.165, 1.54) is 12.1 Å². The molecule has 1 aromatic rings. The van der Waals surface area contributed by atoms with Crippen LogP contribution < -0.4 is 0 Å². The number of hydrogen-bond acceptors (Lipinski definition) is 3. The zero-order valence-corrected chi connectivity index (χ0v) is 12.0. The molecule has 0 heterocycles. The highest BCUT2D eigenvalue weighted by molar-refractivity contribution is 6.18. The maximum absolute atomic E-state index is 12.3. The fourth-order valence-corrected chi connectivity index (χ4v) is 2.03. The van der Waals surface area contributed by atoms with Crippen molar-refractivity contribution in [2.45, 2.75) is 26.8 Å². The van der Waals surface area contributed by atoms with Crippen LogP contribution in [0.1, 0.15) is 29.8 Å². The Labute approximate surface area is 117 Å². The highest BCUT2D eigenvalue weighted by atomic mass is 35.5. The van der Waals surface area contributed by atoms with E-state index < -0.39 is 4.92 Å². The lowest BCUT2D eigenvalue weighted by Crippen LogP contribution is -2.38. The molecule has 1 rings (SSSR count). The van der Waals surface area contributed by atoms with Crippen LogP contribution in [0.2, 0.25) is 0 Å². The number of carbonyl (C=O) groups excluding carboxylic acids is 1. The number of aryl methyl sites for hydroxylation is 1. The molecule has 0 aromatic heterocycles. The fraction of sp³-hybridized carbons (Fsp3) is 0.462. The van der Waals surface area contributed by atoms with Gasteiger partial charge in [-0.25, -0.2) is 0 Å². The molecule has 1 aromatic carbocycles. The molecule has 5 nitrogen and oxygen atoms in total. The first-order valence-corrected chi connectivity index (χ1v) is 6.54. The second-order valence-electron chi connectivity index (χ2n) is 4.54. The van der Waals surface area contributed by atoms with Gasteiger partial charge in [0, 0.05) is 35.7 Å². The fourth-order valence-electron chi connectivity index (χ4n) is 1.84. The zero-order chi connectivity index (χ0) is 14.6. The number of nitro benzene ring substituents is 1. The summed E-state index contributed by atoms with van der Waals surface area (Å²) in [6.45, 7) is 5.88. The van der Waals surface area contributed by atoms with E-state index in [0.717, 1.165) is 0 Å². The van der Waals surface area contributed by atoms with Gasteiger partial charge in [0.15, 0.2) is 0 Å². The number of hydrogen-bond donors (Lipinski definition) is 0. The van der Waals surface area contributed by atoms with Gasteiger partial charge in [0.25, 0.3) is 11.6 Å². The monoisotopic (exact) mass is 284 g/mol. The minimum Gasteiger partial charge on any atom is -0.335 e. The maximum atomic E-state index is 12.3. The third kappa shape index (κ3) is 3.67. The van der Waals surface area contributed by atoms with Crippen molar-refractivity contribution in [1.82, 2.24) is 4.90 Å². The van der Waals surface area contributed by atoms with Crippen LogP contribution in [-0.4, -0.2) is 34.2 Å². The maximum Gasteiger partial charge on any atom is 0.272 e. The van der Waals surface area contributed by atoms with Crippen LogP contribution in [0.25, 0.3) is 0 Å². The number of alkyl halides is 1. The highest BCUT2D eigenvalue weighted by Crippen LogP contribution is 2.20. The van der Waals surface area contributed by atoms with E-state index in [4.69, 9.17) is 11.6 Å². The van der Waals surface area contributed by atoms with Crippen LogP contribution in [0.3, 0.4) is 0 Å². The molecule has 0 aliphatic rings. The molecule has 0 aliphatic heterocycles. The number of rotatable bonds is 5. The molecule has 0 fully saturated rings. The summed E-state index contributed by atoms with van der Waals surface area (Å²) in [6.07, 6.45) is 0. The Morgan fingerprint density at radius 1 is 1.47 bits per heavy atom. The lowest BCUT2D eigenvalue weighted by atomic mass is 10.1. The molecule has 0 atom stereocenters. The molecule has 104 valence electrons. The van der Waals surface area contributed by atoms with Crippen LogP contribution in [0.5, 0.6) is 0 Å². The number of carbonyl (C=O) groups is 1. The molecule has 0 saturated carbocycles. The van der Waals surface area contributed by atoms with E-state index in [1.54, 1.807) is 17.9 Å². The Bertz CT molecular complexity index is 489. The normalized spacial score (nSPS) is 10.6. The van der Waals surface area contributed by atoms with Gasteiger partial charge in [0.1, 0.15) is 0 Å². The molecule has 1 amide bonds. The van der Waals surface area contributed by atoms with Crippen molar-refractivity contribution in [3.63, 3.8) is 0 Å². The molecule has 0 saturated heterocycles. The first-order valence-electron chi connectivity index (χ1n) is 6.00. The summed E-state index contributed by atoms with van der Waals surface area (Å²) < 4.78 is 0. The van der Waals surface area contributed by atoms with Gasteiger partial charge < -0.3 is 4.90 Å². The van der Waals surface area contributed by atoms with Crippen molar-refractivity contribution in [2.75, 3.05) is 12.4 Å². The number of nitrogens with zero attached hydrogens (tertiary/aromatic N) is 2. The number of halogens is 1. The van der Waals surface area contributed by atoms with Gasteiger partial charge in [-0.1, -0.05) is 0 Å². The number of benzene rings is 1. The van der Waals surface area contributed by atoms with Crippen molar-refractivity contribution >= 4 is 23.2 Å². The highest BCUT2D eigenvalue weighted by Gasteiger charge is 2.20. The smallest absolute Gasteiger partial charge is 0.272 e. The summed E-state index contributed by atoms with van der Waals surface area (Å²) in [5.74, 6) is 0.198. The molecule has 0 aliphatic carbocycles. The van der Waals surface area contributed by atoms with Gasteiger partial charge in [0.2, 0.25) is 0 Å². The lowest BCUT2D eigenvalue weighted by molar-refractivity contribution is -0.385. The molecule has 0 bridgehead atoms. The molecular formula is C13H17ClN2O3. The lowest BCUT2D eigenvalue weighted by Gasteiger charge is -2.26. The molecule has 19 heavy (non-hydrogen) atoms. The predicted molar refractivity (Wildman–Crippen MR) is 74.7 cm³/mol. The molecule has 6 heteroatoms. The molecule has 0 radical (unpaired) electrons. The summed E-state index contributed by atoms with van der Waals surface area (Å²) in [6, 6.07) is 4.42. The standard InChI is InChI=1S/C13H17ClN2O3/c1-9(2)15(7-6-14)13(17)11-4-5-12(16(18)19)10(3)8-11/h4-5,8-9H,6-7H2,1-3H3. The number of nitro groups is 1. The zero-order valence-electron chi connectivity index (χ0n) is 11.2. The summed E-state index contributed by atoms with van der Waals surface area (Å²) in [4.78, 5) is 24.2. The van der Waals surface area contributed by atoms with Gasteiger partial charge in [-0.2, -0.15) is 0 Å². The molecule has 0 unspecified atom stereocenters. The Balaban J connectivity index is 3.05. The summed E-state index contributed by atoms with van der Waals surface area (Å²) in [7, 11) is 0. The molecular weight excluding hydrogens is 268 g/mol. The van der Waals surface area contributed by atoms with Crippen LogP contribution in [0.4, 0.5) is 5.69 Å². The summed E-state index contributed by atoms with van der Waals surface area (Å²) in [5, 5.41) is 10.7. The Morgan fingerprint density at radius 2 is 2.11 bits per heavy atom. The van der Waals surface area contributed by atoms with Crippen molar-refractivity contribution in [3.8, 4) is 0 Å². The van der Waals surface area contributed by atoms with E-state index in [9.17, 15) is 14.9 Å². The number of amides is 1. The van der Waals surface area contributed by atoms with E-state index >= 15 is 0 Å². The van der Waals surface area contributed by atoms with Gasteiger partial charge in [-0.05, 0) is 32.9 Å². The average Bonchev–Trinajstić information content (AvgIpc) is 2.34. The third-order valence-electron chi connectivity index (χ3n) is 2.85. The first kappa shape index (κ1) is 15.4. The second kappa shape index (κ2) is 6.52. The van der Waals surface area contributed by atoms with Crippen molar-refractivity contribution in [1.29, 1.82) is 0 Å². The van der Waals surface area contributed by atoms with Gasteiger partial charge >= 0.3 is 0 Å². The Morgan fingerprint density at radius 3 is 2.53 bits per heavy atom. The van der Waals surface area contributed by atoms with Crippen LogP contribution >= 0.6 is 11.6 Å². The quantitative estimate of drug-likeness (QED) is 0.474. The van der Waals surface area contributed by atoms with Crippen molar-refractivity contribution in [2.24, 2.45) is 0 Å². The SMILES string of the molecule is Cc1cc(C(=O)N(CCCl)C(C)C)ccc1[N+](=O)[O-]. The minimum atomic E-state index is -0.456. The largest absolute Gasteiger partial charge is 0.335 e. The van der Waals surface area contributed by atoms with E-state index in [2.05, 4.69) is 0 Å². The summed E-state index contributed by atoms with van der Waals surface area (Å²) in [5.41, 5.74) is 0.942. The van der Waals surface area contributed by atoms with Gasteiger partial charge in [-0.3, -0.25) is 14.9 Å². The van der Waals surface area contributed by atoms with E-state index in [-0.39, 0.29) is 17.6 Å². The van der Waals surface area contributed by atoms with E-state index in [1.807, 2.05) is 13.8 Å². The third-order valence-corrected chi connectivity index (χ3v) is 3.02. The topological polar surface area (TPSA) is 63.5 Å². The Hall–Kier alpha value is -1.62. The van der Waals surface area contributed by atoms with E-state index in [0.29, 0.717) is 23.6 Å². The molecule has 0 N–H and O–H groups in total. The average molecular weight is 285 g/mol. The Kier molecular flexibility index (Phi) is 5.30. The van der Waals surface area contributed by atoms with Gasteiger partial charge in [-0.15, -0.1) is 11.6 Å². The summed E-state index contributed by atoms with van der Waals surface area (Å²) >= 11 is 5.69.